The lowest BCUT2D eigenvalue weighted by molar-refractivity contribution is 0.0949. The van der Waals surface area contributed by atoms with Crippen LogP contribution in [-0.4, -0.2) is 48.2 Å². The van der Waals surface area contributed by atoms with Crippen LogP contribution in [0.15, 0.2) is 53.6 Å². The van der Waals surface area contributed by atoms with E-state index in [0.717, 1.165) is 12.8 Å². The van der Waals surface area contributed by atoms with Crippen molar-refractivity contribution in [2.24, 2.45) is 0 Å². The van der Waals surface area contributed by atoms with Crippen molar-refractivity contribution in [1.82, 2.24) is 24.6 Å². The molecule has 3 aromatic rings. The van der Waals surface area contributed by atoms with Gasteiger partial charge < -0.3 is 10.1 Å². The van der Waals surface area contributed by atoms with Crippen molar-refractivity contribution in [2.45, 2.75) is 30.4 Å². The van der Waals surface area contributed by atoms with Crippen LogP contribution in [0.25, 0.3) is 5.65 Å². The minimum Gasteiger partial charge on any atom is -0.377 e. The second kappa shape index (κ2) is 8.27. The molecule has 9 nitrogen and oxygen atoms in total. The molecule has 152 valence electrons. The molecule has 1 aliphatic rings. The SMILES string of the molecule is O=C(NCc1nnc2ccccn12)c1ccc(S(=O)(=O)NC[C@@H]2CCCO2)cc1. The van der Waals surface area contributed by atoms with Gasteiger partial charge in [-0.2, -0.15) is 0 Å². The smallest absolute Gasteiger partial charge is 0.251 e. The van der Waals surface area contributed by atoms with Crippen LogP contribution in [0, 0.1) is 0 Å². The van der Waals surface area contributed by atoms with Gasteiger partial charge in [0.2, 0.25) is 10.0 Å². The zero-order valence-electron chi connectivity index (χ0n) is 15.6. The molecule has 10 heteroatoms. The number of ether oxygens (including phenoxy) is 1. The highest BCUT2D eigenvalue weighted by Crippen LogP contribution is 2.14. The molecule has 4 rings (SSSR count). The minimum atomic E-state index is -3.65. The largest absolute Gasteiger partial charge is 0.377 e. The molecule has 2 aromatic heterocycles. The number of hydrogen-bond donors (Lipinski definition) is 2. The number of hydrogen-bond acceptors (Lipinski definition) is 6. The number of rotatable bonds is 7. The highest BCUT2D eigenvalue weighted by atomic mass is 32.2. The van der Waals surface area contributed by atoms with Crippen molar-refractivity contribution < 1.29 is 17.9 Å². The summed E-state index contributed by atoms with van der Waals surface area (Å²) in [5.74, 6) is 0.278. The van der Waals surface area contributed by atoms with E-state index in [1.807, 2.05) is 24.4 Å². The van der Waals surface area contributed by atoms with E-state index in [1.54, 1.807) is 4.40 Å². The maximum Gasteiger partial charge on any atom is 0.251 e. The van der Waals surface area contributed by atoms with Gasteiger partial charge in [0, 0.05) is 24.9 Å². The van der Waals surface area contributed by atoms with Crippen molar-refractivity contribution in [3.63, 3.8) is 0 Å². The molecule has 0 aliphatic carbocycles. The third-order valence-electron chi connectivity index (χ3n) is 4.74. The van der Waals surface area contributed by atoms with Crippen molar-refractivity contribution in [2.75, 3.05) is 13.2 Å². The van der Waals surface area contributed by atoms with Crippen LogP contribution in [0.5, 0.6) is 0 Å². The summed E-state index contributed by atoms with van der Waals surface area (Å²) in [5, 5.41) is 10.9. The minimum absolute atomic E-state index is 0.0805. The second-order valence-corrected chi connectivity index (χ2v) is 8.51. The molecular weight excluding hydrogens is 394 g/mol. The summed E-state index contributed by atoms with van der Waals surface area (Å²) in [6.45, 7) is 1.12. The molecule has 0 bridgehead atoms. The summed E-state index contributed by atoms with van der Waals surface area (Å²) >= 11 is 0. The quantitative estimate of drug-likeness (QED) is 0.598. The fourth-order valence-electron chi connectivity index (χ4n) is 3.15. The zero-order chi connectivity index (χ0) is 20.3. The summed E-state index contributed by atoms with van der Waals surface area (Å²) in [4.78, 5) is 12.5. The Morgan fingerprint density at radius 2 is 2.00 bits per heavy atom. The second-order valence-electron chi connectivity index (χ2n) is 6.74. The van der Waals surface area contributed by atoms with Gasteiger partial charge in [-0.05, 0) is 49.2 Å². The van der Waals surface area contributed by atoms with Crippen LogP contribution >= 0.6 is 0 Å². The molecule has 0 unspecified atom stereocenters. The van der Waals surface area contributed by atoms with E-state index < -0.39 is 10.0 Å². The molecule has 1 atom stereocenters. The summed E-state index contributed by atoms with van der Waals surface area (Å²) in [5.41, 5.74) is 1.05. The van der Waals surface area contributed by atoms with Crippen molar-refractivity contribution in [1.29, 1.82) is 0 Å². The molecule has 2 N–H and O–H groups in total. The first-order valence-electron chi connectivity index (χ1n) is 9.31. The Kier molecular flexibility index (Phi) is 5.56. The number of amides is 1. The number of aromatic nitrogens is 3. The van der Waals surface area contributed by atoms with Gasteiger partial charge in [0.15, 0.2) is 11.5 Å². The van der Waals surface area contributed by atoms with Crippen molar-refractivity contribution in [3.8, 4) is 0 Å². The molecule has 0 saturated carbocycles. The molecule has 0 radical (unpaired) electrons. The molecule has 29 heavy (non-hydrogen) atoms. The monoisotopic (exact) mass is 415 g/mol. The van der Waals surface area contributed by atoms with Crippen LogP contribution in [0.4, 0.5) is 0 Å². The molecule has 1 aromatic carbocycles. The topological polar surface area (TPSA) is 115 Å². The van der Waals surface area contributed by atoms with Crippen LogP contribution in [0.3, 0.4) is 0 Å². The lowest BCUT2D eigenvalue weighted by atomic mass is 10.2. The van der Waals surface area contributed by atoms with Crippen LogP contribution in [0.2, 0.25) is 0 Å². The van der Waals surface area contributed by atoms with Gasteiger partial charge in [-0.1, -0.05) is 6.07 Å². The van der Waals surface area contributed by atoms with Crippen LogP contribution in [-0.2, 0) is 21.3 Å². The van der Waals surface area contributed by atoms with Gasteiger partial charge in [-0.25, -0.2) is 13.1 Å². The number of nitrogens with zero attached hydrogens (tertiary/aromatic N) is 3. The normalized spacial score (nSPS) is 16.9. The van der Waals surface area contributed by atoms with E-state index in [1.165, 1.54) is 24.3 Å². The first-order chi connectivity index (χ1) is 14.0. The molecule has 1 fully saturated rings. The summed E-state index contributed by atoms with van der Waals surface area (Å²) in [6, 6.07) is 11.3. The average molecular weight is 415 g/mol. The number of carbonyl (C=O) groups is 1. The maximum atomic E-state index is 12.4. The lowest BCUT2D eigenvalue weighted by Crippen LogP contribution is -2.31. The fourth-order valence-corrected chi connectivity index (χ4v) is 4.22. The lowest BCUT2D eigenvalue weighted by Gasteiger charge is -2.11. The Bertz CT molecular complexity index is 1110. The Balaban J connectivity index is 1.37. The fraction of sp³-hybridized carbons (Fsp3) is 0.316. The number of nitrogens with one attached hydrogen (secondary N) is 2. The van der Waals surface area contributed by atoms with E-state index in [2.05, 4.69) is 20.2 Å². The molecule has 1 saturated heterocycles. The van der Waals surface area contributed by atoms with E-state index in [9.17, 15) is 13.2 Å². The predicted octanol–water partition coefficient (Wildman–Crippen LogP) is 1.12. The third-order valence-corrected chi connectivity index (χ3v) is 6.18. The highest BCUT2D eigenvalue weighted by molar-refractivity contribution is 7.89. The third kappa shape index (κ3) is 4.44. The zero-order valence-corrected chi connectivity index (χ0v) is 16.4. The Morgan fingerprint density at radius 3 is 2.76 bits per heavy atom. The van der Waals surface area contributed by atoms with E-state index in [-0.39, 0.29) is 30.0 Å². The van der Waals surface area contributed by atoms with E-state index >= 15 is 0 Å². The maximum absolute atomic E-state index is 12.4. The van der Waals surface area contributed by atoms with E-state index in [4.69, 9.17) is 4.74 Å². The standard InChI is InChI=1S/C19H21N5O4S/c25-19(20-13-18-23-22-17-5-1-2-10-24(17)18)14-6-8-16(9-7-14)29(26,27)21-12-15-4-3-11-28-15/h1-2,5-10,15,21H,3-4,11-13H2,(H,20,25)/t15-/m0/s1. The highest BCUT2D eigenvalue weighted by Gasteiger charge is 2.20. The summed E-state index contributed by atoms with van der Waals surface area (Å²) in [6.07, 6.45) is 3.53. The van der Waals surface area contributed by atoms with Crippen LogP contribution < -0.4 is 10.0 Å². The van der Waals surface area contributed by atoms with Gasteiger partial charge in [-0.15, -0.1) is 10.2 Å². The summed E-state index contributed by atoms with van der Waals surface area (Å²) in [7, 11) is -3.65. The van der Waals surface area contributed by atoms with Gasteiger partial charge >= 0.3 is 0 Å². The Hall–Kier alpha value is -2.82. The Labute approximate surface area is 168 Å². The molecule has 1 aliphatic heterocycles. The van der Waals surface area contributed by atoms with Gasteiger partial charge in [0.25, 0.3) is 5.91 Å². The number of fused-ring (bicyclic) bond motifs is 1. The van der Waals surface area contributed by atoms with Gasteiger partial charge in [0.1, 0.15) is 0 Å². The molecule has 1 amide bonds. The summed E-state index contributed by atoms with van der Waals surface area (Å²) < 4.78 is 34.6. The number of pyridine rings is 1. The molecule has 0 spiro atoms. The van der Waals surface area contributed by atoms with Crippen molar-refractivity contribution >= 4 is 21.6 Å². The van der Waals surface area contributed by atoms with Gasteiger partial charge in [0.05, 0.1) is 17.5 Å². The first kappa shape index (κ1) is 19.5. The number of benzene rings is 1. The molecular formula is C19H21N5O4S. The number of sulfonamides is 1. The molecule has 3 heterocycles. The van der Waals surface area contributed by atoms with Crippen molar-refractivity contribution in [3.05, 3.63) is 60.0 Å². The Morgan fingerprint density at radius 1 is 1.17 bits per heavy atom. The van der Waals surface area contributed by atoms with E-state index in [0.29, 0.717) is 23.6 Å². The van der Waals surface area contributed by atoms with Crippen LogP contribution in [0.1, 0.15) is 29.0 Å². The number of carbonyl (C=O) groups excluding carboxylic acids is 1. The van der Waals surface area contributed by atoms with Gasteiger partial charge in [-0.3, -0.25) is 9.20 Å². The first-order valence-corrected chi connectivity index (χ1v) is 10.8. The average Bonchev–Trinajstić information content (AvgIpc) is 3.41. The predicted molar refractivity (Wildman–Crippen MR) is 105 cm³/mol.